The largest absolute Gasteiger partial charge is 0.368 e. The summed E-state index contributed by atoms with van der Waals surface area (Å²) in [5.41, 5.74) is 6.19. The van der Waals surface area contributed by atoms with Crippen LogP contribution >= 0.6 is 0 Å². The summed E-state index contributed by atoms with van der Waals surface area (Å²) in [5.74, 6) is -0.238. The number of amides is 1. The number of aromatic nitrogens is 2. The number of carbonyl (C=O) groups excluding carboxylic acids is 1. The average Bonchev–Trinajstić information content (AvgIpc) is 2.76. The molecule has 5 heteroatoms. The Balaban J connectivity index is 2.18. The van der Waals surface area contributed by atoms with Gasteiger partial charge in [0.2, 0.25) is 5.91 Å². The minimum Gasteiger partial charge on any atom is -0.368 e. The number of rotatable bonds is 4. The number of nitrogens with two attached hydrogens (primary N) is 1. The molecule has 18 heavy (non-hydrogen) atoms. The van der Waals surface area contributed by atoms with Crippen LogP contribution in [0.5, 0.6) is 0 Å². The van der Waals surface area contributed by atoms with Crippen LogP contribution in [-0.4, -0.2) is 27.8 Å². The van der Waals surface area contributed by atoms with Crippen LogP contribution < -0.4 is 11.1 Å². The molecule has 5 nitrogen and oxygen atoms in total. The van der Waals surface area contributed by atoms with Gasteiger partial charge in [-0.1, -0.05) is 6.92 Å². The Morgan fingerprint density at radius 2 is 2.50 bits per heavy atom. The maximum atomic E-state index is 11.8. The predicted molar refractivity (Wildman–Crippen MR) is 70.1 cm³/mol. The number of nitrogens with one attached hydrogen (secondary N) is 1. The highest BCUT2D eigenvalue weighted by Gasteiger charge is 2.41. The Morgan fingerprint density at radius 3 is 3.06 bits per heavy atom. The molecule has 1 fully saturated rings. The molecule has 0 bridgehead atoms. The van der Waals surface area contributed by atoms with Gasteiger partial charge >= 0.3 is 0 Å². The second-order valence-corrected chi connectivity index (χ2v) is 5.22. The van der Waals surface area contributed by atoms with Crippen molar-refractivity contribution in [2.45, 2.75) is 51.1 Å². The first-order valence-corrected chi connectivity index (χ1v) is 6.63. The number of hydrogen-bond donors (Lipinski definition) is 2. The number of hydrogen-bond acceptors (Lipinski definition) is 3. The topological polar surface area (TPSA) is 72.9 Å². The second kappa shape index (κ2) is 5.10. The summed E-state index contributed by atoms with van der Waals surface area (Å²) in [4.78, 5) is 11.8. The molecule has 0 spiro atoms. The van der Waals surface area contributed by atoms with E-state index in [9.17, 15) is 4.79 Å². The van der Waals surface area contributed by atoms with Crippen molar-refractivity contribution in [3.8, 4) is 0 Å². The van der Waals surface area contributed by atoms with Crippen molar-refractivity contribution in [2.24, 2.45) is 5.73 Å². The second-order valence-electron chi connectivity index (χ2n) is 5.22. The Bertz CT molecular complexity index is 424. The highest BCUT2D eigenvalue weighted by atomic mass is 16.1. The first-order chi connectivity index (χ1) is 8.57. The molecule has 2 atom stereocenters. The van der Waals surface area contributed by atoms with Crippen molar-refractivity contribution in [1.82, 2.24) is 15.1 Å². The van der Waals surface area contributed by atoms with Crippen LogP contribution in [-0.2, 0) is 4.79 Å². The Kier molecular flexibility index (Phi) is 3.71. The molecule has 1 aliphatic carbocycles. The SMILES string of the molecule is CCNC1(C(N)=O)CCCC(n2cc(C)cn2)C1. The van der Waals surface area contributed by atoms with Gasteiger partial charge in [-0.25, -0.2) is 0 Å². The molecule has 1 aliphatic rings. The quantitative estimate of drug-likeness (QED) is 0.841. The van der Waals surface area contributed by atoms with Crippen LogP contribution in [0.1, 0.15) is 44.2 Å². The molecule has 0 aliphatic heterocycles. The molecule has 1 aromatic heterocycles. The van der Waals surface area contributed by atoms with Gasteiger partial charge in [-0.2, -0.15) is 5.10 Å². The van der Waals surface area contributed by atoms with E-state index in [2.05, 4.69) is 10.4 Å². The molecule has 2 unspecified atom stereocenters. The lowest BCUT2D eigenvalue weighted by Crippen LogP contribution is -2.57. The first-order valence-electron chi connectivity index (χ1n) is 6.63. The summed E-state index contributed by atoms with van der Waals surface area (Å²) in [6.07, 6.45) is 7.51. The number of carbonyl (C=O) groups is 1. The van der Waals surface area contributed by atoms with Crippen LogP contribution in [0.15, 0.2) is 12.4 Å². The third kappa shape index (κ3) is 2.41. The van der Waals surface area contributed by atoms with Gasteiger partial charge in [0.25, 0.3) is 0 Å². The monoisotopic (exact) mass is 250 g/mol. The van der Waals surface area contributed by atoms with Crippen LogP contribution in [0.25, 0.3) is 0 Å². The van der Waals surface area contributed by atoms with Crippen molar-refractivity contribution < 1.29 is 4.79 Å². The van der Waals surface area contributed by atoms with E-state index in [1.165, 1.54) is 0 Å². The molecular formula is C13H22N4O. The first kappa shape index (κ1) is 13.1. The minimum absolute atomic E-state index is 0.238. The number of primary amides is 1. The van der Waals surface area contributed by atoms with E-state index in [1.807, 2.05) is 30.9 Å². The van der Waals surface area contributed by atoms with Gasteiger partial charge in [-0.3, -0.25) is 9.48 Å². The van der Waals surface area contributed by atoms with Gasteiger partial charge < -0.3 is 11.1 Å². The minimum atomic E-state index is -0.558. The van der Waals surface area contributed by atoms with Gasteiger partial charge in [0.05, 0.1) is 17.8 Å². The number of nitrogens with zero attached hydrogens (tertiary/aromatic N) is 2. The van der Waals surface area contributed by atoms with Gasteiger partial charge in [0.15, 0.2) is 0 Å². The maximum Gasteiger partial charge on any atom is 0.237 e. The lowest BCUT2D eigenvalue weighted by Gasteiger charge is -2.39. The fourth-order valence-electron chi connectivity index (χ4n) is 2.91. The predicted octanol–water partition coefficient (Wildman–Crippen LogP) is 1.14. The molecule has 2 rings (SSSR count). The zero-order valence-corrected chi connectivity index (χ0v) is 11.1. The molecule has 0 aromatic carbocycles. The van der Waals surface area contributed by atoms with E-state index in [0.29, 0.717) is 0 Å². The van der Waals surface area contributed by atoms with Crippen LogP contribution in [0.2, 0.25) is 0 Å². The van der Waals surface area contributed by atoms with E-state index in [-0.39, 0.29) is 11.9 Å². The zero-order valence-electron chi connectivity index (χ0n) is 11.1. The normalized spacial score (nSPS) is 28.2. The fourth-order valence-corrected chi connectivity index (χ4v) is 2.91. The third-order valence-electron chi connectivity index (χ3n) is 3.82. The van der Waals surface area contributed by atoms with E-state index in [1.54, 1.807) is 0 Å². The van der Waals surface area contributed by atoms with Crippen LogP contribution in [0.3, 0.4) is 0 Å². The molecule has 100 valence electrons. The highest BCUT2D eigenvalue weighted by molar-refractivity contribution is 5.84. The summed E-state index contributed by atoms with van der Waals surface area (Å²) in [5, 5.41) is 7.65. The van der Waals surface area contributed by atoms with Crippen LogP contribution in [0.4, 0.5) is 0 Å². The number of likely N-dealkylation sites (N-methyl/N-ethyl adjacent to an activating group) is 1. The average molecular weight is 250 g/mol. The van der Waals surface area contributed by atoms with E-state index >= 15 is 0 Å². The standard InChI is InChI=1S/C13H22N4O/c1-3-15-13(12(14)18)6-4-5-11(7-13)17-9-10(2)8-16-17/h8-9,11,15H,3-7H2,1-2H3,(H2,14,18). The third-order valence-corrected chi connectivity index (χ3v) is 3.82. The summed E-state index contributed by atoms with van der Waals surface area (Å²) in [7, 11) is 0. The van der Waals surface area contributed by atoms with E-state index in [4.69, 9.17) is 5.73 Å². The molecule has 0 radical (unpaired) electrons. The molecule has 1 amide bonds. The maximum absolute atomic E-state index is 11.8. The smallest absolute Gasteiger partial charge is 0.237 e. The van der Waals surface area contributed by atoms with Gasteiger partial charge in [0, 0.05) is 6.20 Å². The number of aryl methyl sites for hydroxylation is 1. The lowest BCUT2D eigenvalue weighted by atomic mass is 9.78. The zero-order chi connectivity index (χ0) is 13.2. The van der Waals surface area contributed by atoms with E-state index < -0.39 is 5.54 Å². The fraction of sp³-hybridized carbons (Fsp3) is 0.692. The summed E-state index contributed by atoms with van der Waals surface area (Å²) in [6, 6.07) is 0.263. The molecular weight excluding hydrogens is 228 g/mol. The Morgan fingerprint density at radius 1 is 1.72 bits per heavy atom. The van der Waals surface area contributed by atoms with E-state index in [0.717, 1.165) is 37.8 Å². The van der Waals surface area contributed by atoms with Gasteiger partial charge in [0.1, 0.15) is 0 Å². The molecule has 1 saturated carbocycles. The van der Waals surface area contributed by atoms with Crippen molar-refractivity contribution in [1.29, 1.82) is 0 Å². The summed E-state index contributed by atoms with van der Waals surface area (Å²) in [6.45, 7) is 4.79. The highest BCUT2D eigenvalue weighted by Crippen LogP contribution is 2.35. The van der Waals surface area contributed by atoms with Crippen molar-refractivity contribution in [2.75, 3.05) is 6.54 Å². The Labute approximate surface area is 108 Å². The van der Waals surface area contributed by atoms with Gasteiger partial charge in [-0.05, 0) is 44.7 Å². The molecule has 1 aromatic rings. The Hall–Kier alpha value is -1.36. The van der Waals surface area contributed by atoms with Crippen molar-refractivity contribution in [3.63, 3.8) is 0 Å². The van der Waals surface area contributed by atoms with Crippen molar-refractivity contribution >= 4 is 5.91 Å². The summed E-state index contributed by atoms with van der Waals surface area (Å²) >= 11 is 0. The molecule has 0 saturated heterocycles. The van der Waals surface area contributed by atoms with Crippen molar-refractivity contribution in [3.05, 3.63) is 18.0 Å². The lowest BCUT2D eigenvalue weighted by molar-refractivity contribution is -0.126. The molecule has 3 N–H and O–H groups in total. The summed E-state index contributed by atoms with van der Waals surface area (Å²) < 4.78 is 1.98. The molecule has 1 heterocycles. The van der Waals surface area contributed by atoms with Gasteiger partial charge in [-0.15, -0.1) is 0 Å². The van der Waals surface area contributed by atoms with Crippen LogP contribution in [0, 0.1) is 6.92 Å².